The third kappa shape index (κ3) is 4.89. The molecular formula is C16H20ClF3O. The predicted octanol–water partition coefficient (Wildman–Crippen LogP) is 5.06. The van der Waals surface area contributed by atoms with Gasteiger partial charge in [-0.1, -0.05) is 12.1 Å². The van der Waals surface area contributed by atoms with Crippen LogP contribution in [0, 0.1) is 5.92 Å². The number of alkyl halides is 4. The summed E-state index contributed by atoms with van der Waals surface area (Å²) in [6, 6.07) is 5.27. The van der Waals surface area contributed by atoms with Gasteiger partial charge in [0.25, 0.3) is 0 Å². The molecule has 2 rings (SSSR count). The van der Waals surface area contributed by atoms with Gasteiger partial charge in [-0.05, 0) is 56.2 Å². The molecule has 1 aromatic carbocycles. The van der Waals surface area contributed by atoms with Crippen LogP contribution in [0.2, 0.25) is 0 Å². The fourth-order valence-corrected chi connectivity index (χ4v) is 3.20. The molecule has 5 heteroatoms. The maximum atomic E-state index is 12.5. The second kappa shape index (κ2) is 7.01. The van der Waals surface area contributed by atoms with E-state index in [1.807, 2.05) is 6.92 Å². The third-order valence-corrected chi connectivity index (χ3v) is 4.25. The van der Waals surface area contributed by atoms with Crippen molar-refractivity contribution in [3.63, 3.8) is 0 Å². The summed E-state index contributed by atoms with van der Waals surface area (Å²) in [5.74, 6) is 0.582. The molecule has 21 heavy (non-hydrogen) atoms. The molecule has 0 spiro atoms. The van der Waals surface area contributed by atoms with Crippen molar-refractivity contribution in [2.45, 2.75) is 50.3 Å². The second-order valence-corrected chi connectivity index (χ2v) is 6.26. The summed E-state index contributed by atoms with van der Waals surface area (Å²) < 4.78 is 42.9. The molecular weight excluding hydrogens is 301 g/mol. The molecule has 1 aromatic rings. The smallest absolute Gasteiger partial charge is 0.378 e. The van der Waals surface area contributed by atoms with Crippen LogP contribution in [0.1, 0.15) is 37.3 Å². The van der Waals surface area contributed by atoms with Gasteiger partial charge in [-0.3, -0.25) is 0 Å². The van der Waals surface area contributed by atoms with Gasteiger partial charge in [-0.25, -0.2) is 0 Å². The number of hydrogen-bond acceptors (Lipinski definition) is 1. The maximum Gasteiger partial charge on any atom is 0.416 e. The van der Waals surface area contributed by atoms with Gasteiger partial charge in [-0.15, -0.1) is 11.6 Å². The van der Waals surface area contributed by atoms with Crippen molar-refractivity contribution in [3.8, 4) is 0 Å². The first kappa shape index (κ1) is 16.6. The lowest BCUT2D eigenvalue weighted by Crippen LogP contribution is -2.33. The van der Waals surface area contributed by atoms with Crippen LogP contribution in [0.4, 0.5) is 13.2 Å². The summed E-state index contributed by atoms with van der Waals surface area (Å²) in [4.78, 5) is 0. The van der Waals surface area contributed by atoms with Crippen molar-refractivity contribution in [1.82, 2.24) is 0 Å². The quantitative estimate of drug-likeness (QED) is 0.666. The molecule has 0 aliphatic heterocycles. The summed E-state index contributed by atoms with van der Waals surface area (Å²) >= 11 is 6.31. The molecule has 1 saturated carbocycles. The molecule has 1 aliphatic carbocycles. The second-order valence-electron chi connectivity index (χ2n) is 5.65. The Morgan fingerprint density at radius 1 is 1.24 bits per heavy atom. The van der Waals surface area contributed by atoms with Crippen LogP contribution < -0.4 is 0 Å². The van der Waals surface area contributed by atoms with Crippen LogP contribution in [-0.4, -0.2) is 18.1 Å². The molecule has 0 N–H and O–H groups in total. The fraction of sp³-hybridized carbons (Fsp3) is 0.625. The Balaban J connectivity index is 1.77. The highest BCUT2D eigenvalue weighted by atomic mass is 35.5. The molecule has 1 nitrogen and oxygen atoms in total. The molecule has 1 fully saturated rings. The third-order valence-electron chi connectivity index (χ3n) is 3.92. The molecule has 0 amide bonds. The number of halogens is 4. The highest BCUT2D eigenvalue weighted by Gasteiger charge is 2.31. The van der Waals surface area contributed by atoms with Gasteiger partial charge in [0.15, 0.2) is 0 Å². The topological polar surface area (TPSA) is 9.23 Å². The highest BCUT2D eigenvalue weighted by Crippen LogP contribution is 2.35. The van der Waals surface area contributed by atoms with E-state index in [-0.39, 0.29) is 5.38 Å². The summed E-state index contributed by atoms with van der Waals surface area (Å²) in [5, 5.41) is -0.0330. The van der Waals surface area contributed by atoms with Crippen LogP contribution in [0.25, 0.3) is 0 Å². The van der Waals surface area contributed by atoms with E-state index in [1.165, 1.54) is 12.1 Å². The van der Waals surface area contributed by atoms with Crippen molar-refractivity contribution in [1.29, 1.82) is 0 Å². The summed E-state index contributed by atoms with van der Waals surface area (Å²) in [7, 11) is 0. The van der Waals surface area contributed by atoms with Crippen LogP contribution in [0.3, 0.4) is 0 Å². The molecule has 118 valence electrons. The Hall–Kier alpha value is -0.740. The normalized spacial score (nSPS) is 23.7. The van der Waals surface area contributed by atoms with Crippen molar-refractivity contribution < 1.29 is 17.9 Å². The number of ether oxygens (including phenoxy) is 1. The van der Waals surface area contributed by atoms with Crippen molar-refractivity contribution in [2.24, 2.45) is 5.92 Å². The molecule has 0 saturated heterocycles. The number of benzene rings is 1. The van der Waals surface area contributed by atoms with Crippen LogP contribution in [0.5, 0.6) is 0 Å². The number of rotatable bonds is 6. The standard InChI is InChI=1S/C16H20ClF3O/c1-2-21-15-9-12(10-15)8-14(17)7-11-3-5-13(6-4-11)16(18,19)20/h3-6,12,14-15H,2,7-10H2,1H3. The van der Waals surface area contributed by atoms with Crippen molar-refractivity contribution in [3.05, 3.63) is 35.4 Å². The maximum absolute atomic E-state index is 12.5. The van der Waals surface area contributed by atoms with Crippen LogP contribution in [0.15, 0.2) is 24.3 Å². The van der Waals surface area contributed by atoms with E-state index in [0.717, 1.165) is 43.6 Å². The lowest BCUT2D eigenvalue weighted by molar-refractivity contribution is -0.137. The zero-order valence-electron chi connectivity index (χ0n) is 12.0. The highest BCUT2D eigenvalue weighted by molar-refractivity contribution is 6.20. The van der Waals surface area contributed by atoms with E-state index < -0.39 is 11.7 Å². The minimum absolute atomic E-state index is 0.0330. The van der Waals surface area contributed by atoms with Gasteiger partial charge < -0.3 is 4.74 Å². The van der Waals surface area contributed by atoms with E-state index in [0.29, 0.717) is 18.4 Å². The van der Waals surface area contributed by atoms with E-state index >= 15 is 0 Å². The Bertz CT molecular complexity index is 438. The Labute approximate surface area is 128 Å². The van der Waals surface area contributed by atoms with Gasteiger partial charge >= 0.3 is 6.18 Å². The SMILES string of the molecule is CCOC1CC(CC(Cl)Cc2ccc(C(F)(F)F)cc2)C1. The van der Waals surface area contributed by atoms with E-state index in [9.17, 15) is 13.2 Å². The average Bonchev–Trinajstić information content (AvgIpc) is 2.36. The Kier molecular flexibility index (Phi) is 5.55. The first-order chi connectivity index (χ1) is 9.88. The van der Waals surface area contributed by atoms with Crippen LogP contribution >= 0.6 is 11.6 Å². The Morgan fingerprint density at radius 2 is 1.86 bits per heavy atom. The molecule has 0 radical (unpaired) electrons. The number of hydrogen-bond donors (Lipinski definition) is 0. The molecule has 0 heterocycles. The van der Waals surface area contributed by atoms with Gasteiger partial charge in [0.2, 0.25) is 0 Å². The zero-order chi connectivity index (χ0) is 15.5. The average molecular weight is 321 g/mol. The molecule has 1 unspecified atom stereocenters. The van der Waals surface area contributed by atoms with Gasteiger partial charge in [-0.2, -0.15) is 13.2 Å². The van der Waals surface area contributed by atoms with Crippen LogP contribution in [-0.2, 0) is 17.3 Å². The van der Waals surface area contributed by atoms with Crippen molar-refractivity contribution in [2.75, 3.05) is 6.61 Å². The van der Waals surface area contributed by atoms with E-state index in [4.69, 9.17) is 16.3 Å². The molecule has 0 bridgehead atoms. The monoisotopic (exact) mass is 320 g/mol. The lowest BCUT2D eigenvalue weighted by atomic mass is 9.78. The summed E-state index contributed by atoms with van der Waals surface area (Å²) in [5.41, 5.74) is 0.236. The summed E-state index contributed by atoms with van der Waals surface area (Å²) in [6.07, 6.45) is -0.315. The van der Waals surface area contributed by atoms with E-state index in [1.54, 1.807) is 0 Å². The minimum atomic E-state index is -4.28. The van der Waals surface area contributed by atoms with Gasteiger partial charge in [0, 0.05) is 12.0 Å². The first-order valence-corrected chi connectivity index (χ1v) is 7.74. The molecule has 1 atom stereocenters. The lowest BCUT2D eigenvalue weighted by Gasteiger charge is -2.36. The minimum Gasteiger partial charge on any atom is -0.378 e. The van der Waals surface area contributed by atoms with Crippen molar-refractivity contribution >= 4 is 11.6 Å². The largest absolute Gasteiger partial charge is 0.416 e. The van der Waals surface area contributed by atoms with Gasteiger partial charge in [0.05, 0.1) is 11.7 Å². The summed E-state index contributed by atoms with van der Waals surface area (Å²) in [6.45, 7) is 2.73. The van der Waals surface area contributed by atoms with E-state index in [2.05, 4.69) is 0 Å². The predicted molar refractivity (Wildman–Crippen MR) is 77.5 cm³/mol. The molecule has 1 aliphatic rings. The van der Waals surface area contributed by atoms with Gasteiger partial charge in [0.1, 0.15) is 0 Å². The first-order valence-electron chi connectivity index (χ1n) is 7.30. The molecule has 0 aromatic heterocycles. The Morgan fingerprint density at radius 3 is 2.38 bits per heavy atom. The fourth-order valence-electron chi connectivity index (χ4n) is 2.77. The zero-order valence-corrected chi connectivity index (χ0v) is 12.8.